The Morgan fingerprint density at radius 1 is 1.37 bits per heavy atom. The van der Waals surface area contributed by atoms with Crippen LogP contribution in [0.15, 0.2) is 47.6 Å². The molecule has 0 amide bonds. The lowest BCUT2D eigenvalue weighted by Gasteiger charge is -2.20. The predicted molar refractivity (Wildman–Crippen MR) is 118 cm³/mol. The topological polar surface area (TPSA) is 61.8 Å². The van der Waals surface area contributed by atoms with Gasteiger partial charge in [-0.2, -0.15) is 0 Å². The number of nitrogens with zero attached hydrogens (tertiary/aromatic N) is 3. The van der Waals surface area contributed by atoms with E-state index >= 15 is 0 Å². The molecule has 1 saturated heterocycles. The molecule has 1 fully saturated rings. The second-order valence-electron chi connectivity index (χ2n) is 7.03. The van der Waals surface area contributed by atoms with Gasteiger partial charge in [0, 0.05) is 38.4 Å². The van der Waals surface area contributed by atoms with Crippen molar-refractivity contribution in [3.8, 4) is 18.1 Å². The molecule has 158 valence electrons. The maximum Gasteiger partial charge on any atom is 0.191 e. The van der Waals surface area contributed by atoms with Crippen LogP contribution in [0.2, 0.25) is 0 Å². The average Bonchev–Trinajstić information content (AvgIpc) is 3.22. The molecule has 0 radical (unpaired) electrons. The van der Waals surface area contributed by atoms with E-state index in [0.29, 0.717) is 18.9 Å². The van der Waals surface area contributed by atoms with Crippen molar-refractivity contribution in [2.45, 2.75) is 25.8 Å². The first-order valence-electron chi connectivity index (χ1n) is 10.2. The van der Waals surface area contributed by atoms with Gasteiger partial charge in [-0.1, -0.05) is 18.1 Å². The minimum atomic E-state index is -0.283. The molecule has 2 aromatic rings. The maximum atomic E-state index is 14.0. The zero-order valence-electron chi connectivity index (χ0n) is 17.3. The number of benzene rings is 1. The van der Waals surface area contributed by atoms with Crippen molar-refractivity contribution in [3.05, 3.63) is 54.0 Å². The van der Waals surface area contributed by atoms with Gasteiger partial charge in [-0.15, -0.1) is 6.42 Å². The summed E-state index contributed by atoms with van der Waals surface area (Å²) in [4.78, 5) is 10.8. The number of rotatable bonds is 8. The Morgan fingerprint density at radius 2 is 2.20 bits per heavy atom. The molecule has 2 heterocycles. The molecular formula is C23H28FN5O. The summed E-state index contributed by atoms with van der Waals surface area (Å²) < 4.78 is 19.4. The first-order chi connectivity index (χ1) is 14.7. The number of aliphatic imine (C=N–C) groups is 1. The highest BCUT2D eigenvalue weighted by molar-refractivity contribution is 5.80. The summed E-state index contributed by atoms with van der Waals surface area (Å²) in [6.07, 6.45) is 8.55. The number of terminal acetylenes is 1. The smallest absolute Gasteiger partial charge is 0.191 e. The molecular weight excluding hydrogens is 381 g/mol. The second-order valence-corrected chi connectivity index (χ2v) is 7.03. The number of guanidine groups is 1. The number of halogens is 1. The van der Waals surface area contributed by atoms with Gasteiger partial charge in [0.05, 0.1) is 0 Å². The number of ether oxygens (including phenoxy) is 1. The van der Waals surface area contributed by atoms with Crippen LogP contribution >= 0.6 is 0 Å². The summed E-state index contributed by atoms with van der Waals surface area (Å²) in [5, 5.41) is 6.75. The Kier molecular flexibility index (Phi) is 7.90. The number of anilines is 1. The molecule has 0 bridgehead atoms. The minimum absolute atomic E-state index is 0.191. The van der Waals surface area contributed by atoms with Gasteiger partial charge in [-0.05, 0) is 49.6 Å². The Labute approximate surface area is 177 Å². The van der Waals surface area contributed by atoms with Gasteiger partial charge in [0.15, 0.2) is 17.6 Å². The third-order valence-corrected chi connectivity index (χ3v) is 4.83. The van der Waals surface area contributed by atoms with Crippen LogP contribution in [0, 0.1) is 18.2 Å². The minimum Gasteiger partial charge on any atom is -0.481 e. The largest absolute Gasteiger partial charge is 0.481 e. The Morgan fingerprint density at radius 3 is 2.93 bits per heavy atom. The van der Waals surface area contributed by atoms with E-state index in [-0.39, 0.29) is 18.5 Å². The zero-order chi connectivity index (χ0) is 21.2. The van der Waals surface area contributed by atoms with Crippen LogP contribution < -0.4 is 20.3 Å². The summed E-state index contributed by atoms with van der Waals surface area (Å²) >= 11 is 0. The van der Waals surface area contributed by atoms with Crippen LogP contribution in [-0.4, -0.2) is 49.8 Å². The molecule has 6 nitrogen and oxygen atoms in total. The van der Waals surface area contributed by atoms with Gasteiger partial charge < -0.3 is 20.3 Å². The molecule has 1 aliphatic heterocycles. The highest BCUT2D eigenvalue weighted by Gasteiger charge is 2.25. The predicted octanol–water partition coefficient (Wildman–Crippen LogP) is 2.61. The Hall–Kier alpha value is -3.27. The van der Waals surface area contributed by atoms with Crippen LogP contribution in [0.5, 0.6) is 5.75 Å². The number of hydrogen-bond donors (Lipinski definition) is 2. The fourth-order valence-corrected chi connectivity index (χ4v) is 3.37. The number of nitrogens with one attached hydrogen (secondary N) is 2. The molecule has 1 aromatic heterocycles. The SMILES string of the molecule is C#CCOc1ccc(CCN=C(NCC)NC2CCN(c3ncccc3F)C2)cc1. The molecule has 30 heavy (non-hydrogen) atoms. The van der Waals surface area contributed by atoms with Crippen LogP contribution in [-0.2, 0) is 6.42 Å². The highest BCUT2D eigenvalue weighted by atomic mass is 19.1. The normalized spacial score (nSPS) is 16.2. The van der Waals surface area contributed by atoms with Gasteiger partial charge in [0.25, 0.3) is 0 Å². The molecule has 2 N–H and O–H groups in total. The summed E-state index contributed by atoms with van der Waals surface area (Å²) in [5.41, 5.74) is 1.18. The van der Waals surface area contributed by atoms with Gasteiger partial charge in [0.2, 0.25) is 0 Å². The van der Waals surface area contributed by atoms with Crippen molar-refractivity contribution in [2.75, 3.05) is 37.7 Å². The first kappa shape index (κ1) is 21.4. The number of hydrogen-bond acceptors (Lipinski definition) is 4. The van der Waals surface area contributed by atoms with Crippen molar-refractivity contribution < 1.29 is 9.13 Å². The third-order valence-electron chi connectivity index (χ3n) is 4.83. The zero-order valence-corrected chi connectivity index (χ0v) is 17.3. The van der Waals surface area contributed by atoms with E-state index < -0.39 is 0 Å². The quantitative estimate of drug-likeness (QED) is 0.399. The molecule has 1 atom stereocenters. The number of aromatic nitrogens is 1. The van der Waals surface area contributed by atoms with E-state index in [1.54, 1.807) is 12.3 Å². The van der Waals surface area contributed by atoms with Crippen molar-refractivity contribution >= 4 is 11.8 Å². The standard InChI is InChI=1S/C23H28FN5O/c1-3-16-30-20-9-7-18(8-10-20)11-14-27-23(25-4-2)28-19-12-15-29(17-19)22-21(24)6-5-13-26-22/h1,5-10,13,19H,4,11-12,14-17H2,2H3,(H2,25,27,28). The molecule has 0 aliphatic carbocycles. The Balaban J connectivity index is 1.51. The molecule has 0 saturated carbocycles. The van der Waals surface area contributed by atoms with Crippen LogP contribution in [0.4, 0.5) is 10.2 Å². The van der Waals surface area contributed by atoms with E-state index in [4.69, 9.17) is 11.2 Å². The summed E-state index contributed by atoms with van der Waals surface area (Å²) in [5.74, 6) is 4.13. The van der Waals surface area contributed by atoms with Gasteiger partial charge in [-0.25, -0.2) is 9.37 Å². The molecule has 0 spiro atoms. The van der Waals surface area contributed by atoms with E-state index in [9.17, 15) is 4.39 Å². The molecule has 7 heteroatoms. The molecule has 1 unspecified atom stereocenters. The summed E-state index contributed by atoms with van der Waals surface area (Å²) in [7, 11) is 0. The summed E-state index contributed by atoms with van der Waals surface area (Å²) in [6, 6.07) is 11.1. The first-order valence-corrected chi connectivity index (χ1v) is 10.2. The van der Waals surface area contributed by atoms with Crippen LogP contribution in [0.1, 0.15) is 18.9 Å². The molecule has 1 aliphatic rings. The fraction of sp³-hybridized carbons (Fsp3) is 0.391. The van der Waals surface area contributed by atoms with Crippen molar-refractivity contribution in [3.63, 3.8) is 0 Å². The Bertz CT molecular complexity index is 878. The fourth-order valence-electron chi connectivity index (χ4n) is 3.37. The van der Waals surface area contributed by atoms with Crippen molar-refractivity contribution in [2.24, 2.45) is 4.99 Å². The van der Waals surface area contributed by atoms with Gasteiger partial charge in [0.1, 0.15) is 12.4 Å². The monoisotopic (exact) mass is 409 g/mol. The second kappa shape index (κ2) is 11.1. The van der Waals surface area contributed by atoms with Gasteiger partial charge in [-0.3, -0.25) is 4.99 Å². The lowest BCUT2D eigenvalue weighted by Crippen LogP contribution is -2.44. The van der Waals surface area contributed by atoms with Gasteiger partial charge >= 0.3 is 0 Å². The lowest BCUT2D eigenvalue weighted by atomic mass is 10.1. The highest BCUT2D eigenvalue weighted by Crippen LogP contribution is 2.20. The van der Waals surface area contributed by atoms with Crippen molar-refractivity contribution in [1.82, 2.24) is 15.6 Å². The van der Waals surface area contributed by atoms with E-state index in [0.717, 1.165) is 37.6 Å². The average molecular weight is 410 g/mol. The van der Waals surface area contributed by atoms with E-state index in [2.05, 4.69) is 26.5 Å². The van der Waals surface area contributed by atoms with Crippen molar-refractivity contribution in [1.29, 1.82) is 0 Å². The van der Waals surface area contributed by atoms with Crippen LogP contribution in [0.3, 0.4) is 0 Å². The maximum absolute atomic E-state index is 14.0. The van der Waals surface area contributed by atoms with E-state index in [1.807, 2.05) is 36.1 Å². The third kappa shape index (κ3) is 6.11. The molecule has 3 rings (SSSR count). The summed E-state index contributed by atoms with van der Waals surface area (Å²) in [6.45, 7) is 5.20. The van der Waals surface area contributed by atoms with Crippen LogP contribution in [0.25, 0.3) is 0 Å². The lowest BCUT2D eigenvalue weighted by molar-refractivity contribution is 0.370. The number of pyridine rings is 1. The molecule has 1 aromatic carbocycles. The van der Waals surface area contributed by atoms with E-state index in [1.165, 1.54) is 11.6 Å².